The summed E-state index contributed by atoms with van der Waals surface area (Å²) in [5.74, 6) is 0.379. The lowest BCUT2D eigenvalue weighted by atomic mass is 9.88. The van der Waals surface area contributed by atoms with Crippen molar-refractivity contribution in [3.05, 3.63) is 40.6 Å². The molecule has 38 heavy (non-hydrogen) atoms. The number of anilines is 1. The molecule has 3 amide bonds. The number of Topliss-reactive ketones (excluding diaryl/α,β-unsaturated/α-hetero) is 1. The number of hydrogen-bond donors (Lipinski definition) is 2. The Balaban J connectivity index is 1.13. The van der Waals surface area contributed by atoms with Crippen LogP contribution < -0.4 is 10.7 Å². The summed E-state index contributed by atoms with van der Waals surface area (Å²) in [4.78, 5) is 43.7. The first kappa shape index (κ1) is 25.1. The minimum Gasteiger partial charge on any atom is -0.379 e. The number of allylic oxidation sites excluding steroid dienone is 1. The van der Waals surface area contributed by atoms with Crippen LogP contribution in [-0.2, 0) is 9.53 Å². The van der Waals surface area contributed by atoms with Crippen LogP contribution in [0, 0.1) is 11.8 Å². The van der Waals surface area contributed by atoms with Crippen LogP contribution in [0.4, 0.5) is 10.5 Å². The van der Waals surface area contributed by atoms with E-state index in [1.54, 1.807) is 11.1 Å². The first-order chi connectivity index (χ1) is 18.5. The Morgan fingerprint density at radius 2 is 1.74 bits per heavy atom. The van der Waals surface area contributed by atoms with Crippen molar-refractivity contribution in [1.82, 2.24) is 20.2 Å². The van der Waals surface area contributed by atoms with Crippen molar-refractivity contribution in [2.24, 2.45) is 22.1 Å². The van der Waals surface area contributed by atoms with Gasteiger partial charge in [0.2, 0.25) is 5.91 Å². The van der Waals surface area contributed by atoms with Crippen LogP contribution in [-0.4, -0.2) is 92.1 Å². The topological polar surface area (TPSA) is 119 Å². The van der Waals surface area contributed by atoms with E-state index in [0.717, 1.165) is 50.0 Å². The van der Waals surface area contributed by atoms with Crippen LogP contribution >= 0.6 is 0 Å². The molecule has 0 aromatic heterocycles. The predicted octanol–water partition coefficient (Wildman–Crippen LogP) is 2.59. The summed E-state index contributed by atoms with van der Waals surface area (Å²) >= 11 is 0. The van der Waals surface area contributed by atoms with Gasteiger partial charge in [-0.2, -0.15) is 10.2 Å². The number of carbonyl (C=O) groups is 3. The van der Waals surface area contributed by atoms with Crippen molar-refractivity contribution in [2.75, 3.05) is 64.8 Å². The fourth-order valence-corrected chi connectivity index (χ4v) is 6.28. The van der Waals surface area contributed by atoms with Crippen molar-refractivity contribution in [2.45, 2.75) is 31.7 Å². The number of nitrogens with one attached hydrogen (secondary N) is 2. The SMILES string of the molecule is CN1CCC(C(=O)N2CCC(C3=C4C(=O)c5c(NC(=O)NN6CCOCC6)cccc5C4N=N3)CC2)CC1. The molecule has 0 saturated carbocycles. The van der Waals surface area contributed by atoms with Crippen molar-refractivity contribution in [3.63, 3.8) is 0 Å². The molecule has 1 atom stereocenters. The maximum Gasteiger partial charge on any atom is 0.333 e. The number of nitrogens with zero attached hydrogens (tertiary/aromatic N) is 5. The molecule has 1 aromatic carbocycles. The van der Waals surface area contributed by atoms with Gasteiger partial charge in [-0.15, -0.1) is 0 Å². The molecule has 202 valence electrons. The number of hydrogen-bond acceptors (Lipinski definition) is 8. The zero-order valence-electron chi connectivity index (χ0n) is 21.8. The van der Waals surface area contributed by atoms with Gasteiger partial charge in [0.1, 0.15) is 6.04 Å². The van der Waals surface area contributed by atoms with E-state index < -0.39 is 6.04 Å². The number of ketones is 1. The second-order valence-corrected chi connectivity index (χ2v) is 10.9. The van der Waals surface area contributed by atoms with Crippen LogP contribution in [0.1, 0.15) is 47.6 Å². The lowest BCUT2D eigenvalue weighted by Crippen LogP contribution is -2.49. The number of hydrazine groups is 1. The second-order valence-electron chi connectivity index (χ2n) is 10.9. The van der Waals surface area contributed by atoms with E-state index in [1.165, 1.54) is 0 Å². The molecule has 1 unspecified atom stereocenters. The molecule has 0 bridgehead atoms. The van der Waals surface area contributed by atoms with Crippen molar-refractivity contribution in [3.8, 4) is 0 Å². The second kappa shape index (κ2) is 10.5. The first-order valence-electron chi connectivity index (χ1n) is 13.7. The highest BCUT2D eigenvalue weighted by molar-refractivity contribution is 6.19. The standard InChI is InChI=1S/C27H35N7O4/c1-32-9-5-18(6-10-32)26(36)33-11-7-17(8-12-33)23-22-24(30-29-23)19-3-2-4-20(21(19)25(22)35)28-27(37)31-34-13-15-38-16-14-34/h2-4,17-18,24H,5-16H2,1H3,(H2,28,31,37). The van der Waals surface area contributed by atoms with Crippen molar-refractivity contribution >= 4 is 23.4 Å². The summed E-state index contributed by atoms with van der Waals surface area (Å²) < 4.78 is 5.32. The number of rotatable bonds is 4. The van der Waals surface area contributed by atoms with Gasteiger partial charge in [-0.3, -0.25) is 15.0 Å². The highest BCUT2D eigenvalue weighted by Gasteiger charge is 2.44. The van der Waals surface area contributed by atoms with Crippen LogP contribution in [0.15, 0.2) is 39.7 Å². The number of benzene rings is 1. The normalized spacial score (nSPS) is 25.0. The Kier molecular flexibility index (Phi) is 6.98. The van der Waals surface area contributed by atoms with E-state index in [-0.39, 0.29) is 29.6 Å². The molecule has 0 radical (unpaired) electrons. The third-order valence-electron chi connectivity index (χ3n) is 8.47. The summed E-state index contributed by atoms with van der Waals surface area (Å²) in [5, 5.41) is 13.6. The number of likely N-dealkylation sites (tertiary alicyclic amines) is 2. The maximum atomic E-state index is 13.7. The number of amides is 3. The van der Waals surface area contributed by atoms with Crippen molar-refractivity contribution < 1.29 is 19.1 Å². The summed E-state index contributed by atoms with van der Waals surface area (Å²) in [6, 6.07) is 4.67. The Labute approximate surface area is 222 Å². The van der Waals surface area contributed by atoms with Gasteiger partial charge in [0, 0.05) is 38.0 Å². The lowest BCUT2D eigenvalue weighted by molar-refractivity contribution is -0.138. The third kappa shape index (κ3) is 4.74. The lowest BCUT2D eigenvalue weighted by Gasteiger charge is -2.36. The predicted molar refractivity (Wildman–Crippen MR) is 139 cm³/mol. The average molecular weight is 522 g/mol. The monoisotopic (exact) mass is 521 g/mol. The van der Waals surface area contributed by atoms with Crippen molar-refractivity contribution in [1.29, 1.82) is 0 Å². The summed E-state index contributed by atoms with van der Waals surface area (Å²) in [6.45, 7) is 5.66. The molecule has 11 heteroatoms. The van der Waals surface area contributed by atoms with Crippen LogP contribution in [0.2, 0.25) is 0 Å². The molecule has 1 aliphatic carbocycles. The molecular formula is C27H35N7O4. The van der Waals surface area contributed by atoms with Gasteiger partial charge >= 0.3 is 6.03 Å². The molecule has 6 rings (SSSR count). The van der Waals surface area contributed by atoms with Gasteiger partial charge in [-0.05, 0) is 57.5 Å². The van der Waals surface area contributed by atoms with E-state index >= 15 is 0 Å². The molecular weight excluding hydrogens is 486 g/mol. The minimum atomic E-state index is -0.421. The number of ether oxygens (including phenoxy) is 1. The van der Waals surface area contributed by atoms with Gasteiger partial charge in [-0.25, -0.2) is 9.80 Å². The fraction of sp³-hybridized carbons (Fsp3) is 0.593. The maximum absolute atomic E-state index is 13.7. The molecule has 11 nitrogen and oxygen atoms in total. The number of urea groups is 1. The summed E-state index contributed by atoms with van der Waals surface area (Å²) in [7, 11) is 2.10. The zero-order chi connectivity index (χ0) is 26.2. The van der Waals surface area contributed by atoms with Gasteiger partial charge in [-0.1, -0.05) is 12.1 Å². The highest BCUT2D eigenvalue weighted by Crippen LogP contribution is 2.49. The fourth-order valence-electron chi connectivity index (χ4n) is 6.28. The van der Waals surface area contributed by atoms with Gasteiger partial charge in [0.15, 0.2) is 5.78 Å². The molecule has 3 saturated heterocycles. The van der Waals surface area contributed by atoms with E-state index in [2.05, 4.69) is 32.9 Å². The van der Waals surface area contributed by atoms with Gasteiger partial charge in [0.05, 0.1) is 35.7 Å². The van der Waals surface area contributed by atoms with E-state index in [1.807, 2.05) is 17.0 Å². The smallest absolute Gasteiger partial charge is 0.333 e. The van der Waals surface area contributed by atoms with E-state index in [9.17, 15) is 14.4 Å². The van der Waals surface area contributed by atoms with E-state index in [4.69, 9.17) is 4.74 Å². The van der Waals surface area contributed by atoms with Crippen LogP contribution in [0.3, 0.4) is 0 Å². The molecule has 2 N–H and O–H groups in total. The number of morpholine rings is 1. The number of fused-ring (bicyclic) bond motifs is 3. The Hall–Kier alpha value is -3.15. The first-order valence-corrected chi connectivity index (χ1v) is 13.7. The molecule has 3 fully saturated rings. The average Bonchev–Trinajstić information content (AvgIpc) is 3.49. The largest absolute Gasteiger partial charge is 0.379 e. The summed E-state index contributed by atoms with van der Waals surface area (Å²) in [5.41, 5.74) is 5.97. The number of piperidine rings is 2. The van der Waals surface area contributed by atoms with Crippen LogP contribution in [0.25, 0.3) is 0 Å². The number of azo groups is 1. The summed E-state index contributed by atoms with van der Waals surface area (Å²) in [6.07, 6.45) is 3.40. The molecule has 4 aliphatic heterocycles. The van der Waals surface area contributed by atoms with Crippen LogP contribution in [0.5, 0.6) is 0 Å². The van der Waals surface area contributed by atoms with E-state index in [0.29, 0.717) is 56.2 Å². The molecule has 1 aromatic rings. The molecule has 0 spiro atoms. The molecule has 4 heterocycles. The molecule has 5 aliphatic rings. The Morgan fingerprint density at radius 3 is 2.47 bits per heavy atom. The highest BCUT2D eigenvalue weighted by atomic mass is 16.5. The quantitative estimate of drug-likeness (QED) is 0.629. The zero-order valence-corrected chi connectivity index (χ0v) is 21.8. The van der Waals surface area contributed by atoms with Gasteiger partial charge < -0.3 is 19.9 Å². The Bertz CT molecular complexity index is 1180. The van der Waals surface area contributed by atoms with Gasteiger partial charge in [0.25, 0.3) is 0 Å². The minimum absolute atomic E-state index is 0.0968. The third-order valence-corrected chi connectivity index (χ3v) is 8.47. The Morgan fingerprint density at radius 1 is 1.00 bits per heavy atom. The number of carbonyl (C=O) groups excluding carboxylic acids is 3.